The zero-order chi connectivity index (χ0) is 16.3. The van der Waals surface area contributed by atoms with Gasteiger partial charge >= 0.3 is 5.69 Å². The Hall–Kier alpha value is -1.93. The van der Waals surface area contributed by atoms with Crippen LogP contribution in [0, 0.1) is 13.8 Å². The van der Waals surface area contributed by atoms with Crippen LogP contribution in [0.25, 0.3) is 0 Å². The predicted molar refractivity (Wildman–Crippen MR) is 84.6 cm³/mol. The van der Waals surface area contributed by atoms with Crippen molar-refractivity contribution >= 4 is 28.8 Å². The zero-order valence-electron chi connectivity index (χ0n) is 12.1. The summed E-state index contributed by atoms with van der Waals surface area (Å²) in [5, 5.41) is 3.55. The van der Waals surface area contributed by atoms with E-state index in [0.717, 1.165) is 15.3 Å². The lowest BCUT2D eigenvalue weighted by Crippen LogP contribution is -2.37. The summed E-state index contributed by atoms with van der Waals surface area (Å²) < 4.78 is 1.81. The second-order valence-electron chi connectivity index (χ2n) is 4.77. The Morgan fingerprint density at radius 2 is 2.18 bits per heavy atom. The number of nitrogens with zero attached hydrogens (tertiary/aromatic N) is 2. The molecule has 9 heteroatoms. The largest absolute Gasteiger partial charge is 0.354 e. The van der Waals surface area contributed by atoms with E-state index in [1.54, 1.807) is 6.92 Å². The topological polar surface area (TPSA) is 96.8 Å². The van der Waals surface area contributed by atoms with Crippen LogP contribution in [0.15, 0.2) is 15.8 Å². The van der Waals surface area contributed by atoms with Crippen LogP contribution in [0.4, 0.5) is 0 Å². The van der Waals surface area contributed by atoms with Crippen molar-refractivity contribution < 1.29 is 4.79 Å². The smallest absolute Gasteiger partial charge is 0.328 e. The van der Waals surface area contributed by atoms with Crippen LogP contribution in [0.1, 0.15) is 16.3 Å². The first-order chi connectivity index (χ1) is 10.4. The predicted octanol–water partition coefficient (Wildman–Crippen LogP) is 0.622. The highest BCUT2D eigenvalue weighted by Crippen LogP contribution is 2.23. The van der Waals surface area contributed by atoms with Gasteiger partial charge in [0.2, 0.25) is 5.91 Å². The number of aryl methyl sites for hydroxylation is 2. The molecular weight excluding hydrogens is 328 g/mol. The first-order valence-electron chi connectivity index (χ1n) is 6.55. The van der Waals surface area contributed by atoms with Gasteiger partial charge in [-0.25, -0.2) is 9.78 Å². The number of carbonyl (C=O) groups is 1. The molecule has 0 atom stereocenters. The van der Waals surface area contributed by atoms with E-state index in [4.69, 9.17) is 11.6 Å². The molecule has 2 N–H and O–H groups in total. The second kappa shape index (κ2) is 6.89. The molecule has 22 heavy (non-hydrogen) atoms. The van der Waals surface area contributed by atoms with E-state index < -0.39 is 11.2 Å². The third-order valence-corrected chi connectivity index (χ3v) is 4.46. The molecule has 0 aromatic carbocycles. The average molecular weight is 343 g/mol. The zero-order valence-corrected chi connectivity index (χ0v) is 13.7. The number of H-pyrrole nitrogens is 1. The van der Waals surface area contributed by atoms with Crippen LogP contribution >= 0.6 is 22.9 Å². The number of hydrogen-bond acceptors (Lipinski definition) is 5. The highest BCUT2D eigenvalue weighted by atomic mass is 35.5. The summed E-state index contributed by atoms with van der Waals surface area (Å²) in [6, 6.07) is 0. The number of aromatic nitrogens is 3. The third-order valence-electron chi connectivity index (χ3n) is 2.95. The van der Waals surface area contributed by atoms with Gasteiger partial charge in [0.25, 0.3) is 5.56 Å². The highest BCUT2D eigenvalue weighted by molar-refractivity contribution is 7.16. The van der Waals surface area contributed by atoms with Crippen LogP contribution < -0.4 is 16.6 Å². The van der Waals surface area contributed by atoms with Crippen molar-refractivity contribution in [3.63, 3.8) is 0 Å². The van der Waals surface area contributed by atoms with Crippen molar-refractivity contribution in [2.24, 2.45) is 0 Å². The summed E-state index contributed by atoms with van der Waals surface area (Å²) >= 11 is 7.31. The molecule has 1 amide bonds. The number of nitrogens with one attached hydrogen (secondary N) is 2. The van der Waals surface area contributed by atoms with Gasteiger partial charge in [-0.3, -0.25) is 19.1 Å². The minimum atomic E-state index is -0.604. The lowest BCUT2D eigenvalue weighted by atomic mass is 10.4. The summed E-state index contributed by atoms with van der Waals surface area (Å²) in [5.41, 5.74) is 0.106. The summed E-state index contributed by atoms with van der Waals surface area (Å²) in [4.78, 5) is 41.1. The van der Waals surface area contributed by atoms with Gasteiger partial charge in [-0.15, -0.1) is 11.3 Å². The Labute approximate surface area is 135 Å². The SMILES string of the molecule is Cc1nc(CCNC(=O)Cn2cc(C)c(=O)[nH]c2=O)sc1Cl. The summed E-state index contributed by atoms with van der Waals surface area (Å²) in [5.74, 6) is -0.312. The van der Waals surface area contributed by atoms with E-state index >= 15 is 0 Å². The van der Waals surface area contributed by atoms with Crippen LogP contribution in [0.3, 0.4) is 0 Å². The van der Waals surface area contributed by atoms with Gasteiger partial charge < -0.3 is 5.32 Å². The summed E-state index contributed by atoms with van der Waals surface area (Å²) in [7, 11) is 0. The highest BCUT2D eigenvalue weighted by Gasteiger charge is 2.08. The number of thiazole rings is 1. The fraction of sp³-hybridized carbons (Fsp3) is 0.385. The minimum Gasteiger partial charge on any atom is -0.354 e. The molecule has 2 rings (SSSR count). The first-order valence-corrected chi connectivity index (χ1v) is 7.75. The molecule has 0 aliphatic carbocycles. The quantitative estimate of drug-likeness (QED) is 0.832. The van der Waals surface area contributed by atoms with E-state index in [1.807, 2.05) is 6.92 Å². The van der Waals surface area contributed by atoms with Crippen LogP contribution in [-0.2, 0) is 17.8 Å². The van der Waals surface area contributed by atoms with E-state index in [-0.39, 0.29) is 12.5 Å². The molecule has 118 valence electrons. The Kier molecular flexibility index (Phi) is 5.15. The van der Waals surface area contributed by atoms with E-state index in [9.17, 15) is 14.4 Å². The first kappa shape index (κ1) is 16.4. The van der Waals surface area contributed by atoms with Crippen molar-refractivity contribution in [3.8, 4) is 0 Å². The van der Waals surface area contributed by atoms with E-state index in [2.05, 4.69) is 15.3 Å². The molecule has 0 unspecified atom stereocenters. The van der Waals surface area contributed by atoms with Crippen molar-refractivity contribution in [3.05, 3.63) is 47.6 Å². The van der Waals surface area contributed by atoms with Crippen molar-refractivity contribution in [2.45, 2.75) is 26.8 Å². The van der Waals surface area contributed by atoms with Gasteiger partial charge in [-0.2, -0.15) is 0 Å². The van der Waals surface area contributed by atoms with Gasteiger partial charge in [0.1, 0.15) is 10.9 Å². The monoisotopic (exact) mass is 342 g/mol. The molecular formula is C13H15ClN4O3S. The van der Waals surface area contributed by atoms with E-state index in [0.29, 0.717) is 22.9 Å². The lowest BCUT2D eigenvalue weighted by Gasteiger charge is -2.06. The Balaban J connectivity index is 1.89. The summed E-state index contributed by atoms with van der Waals surface area (Å²) in [6.45, 7) is 3.65. The third kappa shape index (κ3) is 4.05. The van der Waals surface area contributed by atoms with Gasteiger partial charge in [0.05, 0.1) is 10.7 Å². The summed E-state index contributed by atoms with van der Waals surface area (Å²) in [6.07, 6.45) is 1.94. The second-order valence-corrected chi connectivity index (χ2v) is 6.45. The van der Waals surface area contributed by atoms with Crippen molar-refractivity contribution in [2.75, 3.05) is 6.54 Å². The van der Waals surface area contributed by atoms with E-state index in [1.165, 1.54) is 17.5 Å². The van der Waals surface area contributed by atoms with Crippen molar-refractivity contribution in [1.29, 1.82) is 0 Å². The maximum atomic E-state index is 11.8. The average Bonchev–Trinajstić information content (AvgIpc) is 2.75. The fourth-order valence-electron chi connectivity index (χ4n) is 1.79. The van der Waals surface area contributed by atoms with Gasteiger partial charge in [-0.1, -0.05) is 11.6 Å². The number of amides is 1. The number of carbonyl (C=O) groups excluding carboxylic acids is 1. The number of rotatable bonds is 5. The Bertz CT molecular complexity index is 789. The molecule has 7 nitrogen and oxygen atoms in total. The Morgan fingerprint density at radius 3 is 2.82 bits per heavy atom. The fourth-order valence-corrected chi connectivity index (χ4v) is 2.89. The normalized spacial score (nSPS) is 10.7. The molecule has 0 aliphatic rings. The number of aromatic amines is 1. The molecule has 2 aromatic heterocycles. The standard InChI is InChI=1S/C13H15ClN4O3S/c1-7-5-18(13(21)17-12(7)20)6-9(19)15-4-3-10-16-8(2)11(14)22-10/h5H,3-4,6H2,1-2H3,(H,15,19)(H,17,20,21). The van der Waals surface area contributed by atoms with Crippen molar-refractivity contribution in [1.82, 2.24) is 19.9 Å². The van der Waals surface area contributed by atoms with Crippen LogP contribution in [0.5, 0.6) is 0 Å². The molecule has 0 bridgehead atoms. The lowest BCUT2D eigenvalue weighted by molar-refractivity contribution is -0.121. The molecule has 0 radical (unpaired) electrons. The number of halogens is 1. The molecule has 0 saturated carbocycles. The Morgan fingerprint density at radius 1 is 1.45 bits per heavy atom. The number of hydrogen-bond donors (Lipinski definition) is 2. The van der Waals surface area contributed by atoms with Gasteiger partial charge in [0.15, 0.2) is 0 Å². The molecule has 2 heterocycles. The van der Waals surface area contributed by atoms with Crippen LogP contribution in [-0.4, -0.2) is 27.0 Å². The molecule has 0 aliphatic heterocycles. The van der Waals surface area contributed by atoms with Gasteiger partial charge in [-0.05, 0) is 13.8 Å². The molecule has 0 saturated heterocycles. The van der Waals surface area contributed by atoms with Crippen LogP contribution in [0.2, 0.25) is 4.34 Å². The molecule has 0 fully saturated rings. The van der Waals surface area contributed by atoms with Gasteiger partial charge in [0, 0.05) is 24.7 Å². The molecule has 0 spiro atoms. The molecule has 2 aromatic rings. The maximum absolute atomic E-state index is 11.8. The maximum Gasteiger partial charge on any atom is 0.328 e. The minimum absolute atomic E-state index is 0.145.